The van der Waals surface area contributed by atoms with Crippen LogP contribution >= 0.6 is 37.5 Å². The number of halogens is 2. The Morgan fingerprint density at radius 1 is 0.403 bits per heavy atom. The number of carbonyl (C=O) groups excluding carboxylic acids is 2. The molecule has 0 N–H and O–H groups in total. The molecule has 6 aromatic carbocycles. The van der Waals surface area contributed by atoms with Gasteiger partial charge in [-0.15, -0.1) is 0 Å². The van der Waals surface area contributed by atoms with Crippen molar-refractivity contribution in [3.8, 4) is 45.6 Å². The highest BCUT2D eigenvalue weighted by molar-refractivity contribution is 7.86. The fourth-order valence-electron chi connectivity index (χ4n) is 9.69. The second-order valence-electron chi connectivity index (χ2n) is 17.8. The van der Waals surface area contributed by atoms with Gasteiger partial charge in [0.25, 0.3) is 0 Å². The van der Waals surface area contributed by atoms with Crippen molar-refractivity contribution in [1.82, 2.24) is 0 Å². The minimum absolute atomic E-state index is 0.00698. The van der Waals surface area contributed by atoms with Crippen LogP contribution in [0.1, 0.15) is 58.4 Å². The monoisotopic (exact) mass is 1060 g/mol. The highest BCUT2D eigenvalue weighted by Crippen LogP contribution is 2.56. The molecule has 0 bridgehead atoms. The second-order valence-corrected chi connectivity index (χ2v) is 24.1. The van der Waals surface area contributed by atoms with Crippen molar-refractivity contribution in [3.63, 3.8) is 0 Å². The Kier molecular flexibility index (Phi) is 17.0. The molecule has 0 amide bonds. The van der Waals surface area contributed by atoms with E-state index in [-0.39, 0.29) is 43.3 Å². The van der Waals surface area contributed by atoms with E-state index in [1.165, 1.54) is 40.2 Å². The molecular weight excluding hydrogens is 997 g/mol. The number of esters is 2. The Labute approximate surface area is 432 Å². The van der Waals surface area contributed by atoms with Gasteiger partial charge >= 0.3 is 11.9 Å². The molecule has 0 fully saturated rings. The number of aryl methyl sites for hydroxylation is 8. The molecule has 16 heteroatoms. The van der Waals surface area contributed by atoms with Gasteiger partial charge in [-0.2, -0.15) is 0 Å². The van der Waals surface area contributed by atoms with Crippen LogP contribution in [0.2, 0.25) is 10.0 Å². The van der Waals surface area contributed by atoms with Gasteiger partial charge in [0.05, 0.1) is 52.7 Å². The quantitative estimate of drug-likeness (QED) is 0.0634. The van der Waals surface area contributed by atoms with Gasteiger partial charge in [0.1, 0.15) is 34.5 Å². The van der Waals surface area contributed by atoms with Crippen LogP contribution in [0.15, 0.2) is 72.8 Å². The van der Waals surface area contributed by atoms with Crippen LogP contribution in [0.25, 0.3) is 11.1 Å². The Morgan fingerprint density at radius 2 is 0.625 bits per heavy atom. The summed E-state index contributed by atoms with van der Waals surface area (Å²) in [6.07, 6.45) is -2.63. The van der Waals surface area contributed by atoms with E-state index in [1.54, 1.807) is 40.6 Å². The van der Waals surface area contributed by atoms with Crippen LogP contribution in [0.3, 0.4) is 0 Å². The summed E-state index contributed by atoms with van der Waals surface area (Å²) in [5.74, 6) is 0.586. The molecule has 6 rings (SSSR count). The molecule has 1 unspecified atom stereocenters. The molecule has 0 spiro atoms. The van der Waals surface area contributed by atoms with E-state index in [9.17, 15) is 9.59 Å². The average Bonchev–Trinajstić information content (AvgIpc) is 3.33. The first kappa shape index (κ1) is 55.4. The van der Waals surface area contributed by atoms with Crippen molar-refractivity contribution in [3.05, 3.63) is 127 Å². The van der Waals surface area contributed by atoms with Gasteiger partial charge in [0, 0.05) is 43.0 Å². The minimum Gasteiger partial charge on any atom is -0.496 e. The van der Waals surface area contributed by atoms with Crippen LogP contribution in [0.4, 0.5) is 0 Å². The van der Waals surface area contributed by atoms with Gasteiger partial charge in [-0.05, 0) is 187 Å². The van der Waals surface area contributed by atoms with Gasteiger partial charge in [-0.25, -0.2) is 9.59 Å². The topological polar surface area (TPSA) is 142 Å². The van der Waals surface area contributed by atoms with Crippen LogP contribution in [0, 0.1) is 55.4 Å². The van der Waals surface area contributed by atoms with Crippen LogP contribution in [0.5, 0.6) is 34.5 Å². The lowest BCUT2D eigenvalue weighted by Gasteiger charge is -2.31. The van der Waals surface area contributed by atoms with E-state index in [4.69, 9.17) is 61.1 Å². The molecule has 0 saturated heterocycles. The van der Waals surface area contributed by atoms with Crippen molar-refractivity contribution in [1.29, 1.82) is 0 Å². The fourth-order valence-corrected chi connectivity index (χ4v) is 16.4. The number of rotatable bonds is 17. The molecule has 2 atom stereocenters. The highest BCUT2D eigenvalue weighted by Gasteiger charge is 2.43. The molecule has 0 aliphatic rings. The minimum atomic E-state index is -4.31. The van der Waals surface area contributed by atoms with E-state index in [0.29, 0.717) is 88.7 Å². The zero-order valence-electron chi connectivity index (χ0n) is 43.6. The van der Waals surface area contributed by atoms with Gasteiger partial charge in [-0.1, -0.05) is 23.2 Å². The van der Waals surface area contributed by atoms with E-state index >= 15 is 9.13 Å². The van der Waals surface area contributed by atoms with E-state index in [1.807, 2.05) is 104 Å². The zero-order chi connectivity index (χ0) is 53.3. The average molecular weight is 1060 g/mol. The third-order valence-electron chi connectivity index (χ3n) is 12.8. The number of carbonyl (C=O) groups is 2. The second kappa shape index (κ2) is 22.1. The lowest BCUT2D eigenvalue weighted by Crippen LogP contribution is -2.33. The molecular formula is C56H62Cl2O12P2. The largest absolute Gasteiger partial charge is 0.496 e. The van der Waals surface area contributed by atoms with Crippen molar-refractivity contribution < 1.29 is 56.6 Å². The third-order valence-corrected chi connectivity index (χ3v) is 19.4. The first-order valence-corrected chi connectivity index (χ1v) is 27.1. The highest BCUT2D eigenvalue weighted by atomic mass is 35.5. The molecule has 0 aliphatic carbocycles. The Bertz CT molecular complexity index is 2790. The maximum absolute atomic E-state index is 17.6. The summed E-state index contributed by atoms with van der Waals surface area (Å²) < 4.78 is 82.2. The smallest absolute Gasteiger partial charge is 0.346 e. The number of methoxy groups -OCH3 is 6. The summed E-state index contributed by atoms with van der Waals surface area (Å²) in [5.41, 5.74) is 5.57. The van der Waals surface area contributed by atoms with E-state index < -0.39 is 38.4 Å². The van der Waals surface area contributed by atoms with Crippen molar-refractivity contribution in [2.24, 2.45) is 0 Å². The molecule has 382 valence electrons. The van der Waals surface area contributed by atoms with Gasteiger partial charge in [0.15, 0.2) is 26.5 Å². The number of ether oxygens (including phenoxy) is 8. The van der Waals surface area contributed by atoms with E-state index in [0.717, 1.165) is 0 Å². The molecule has 0 radical (unpaired) electrons. The number of benzene rings is 6. The summed E-state index contributed by atoms with van der Waals surface area (Å²) in [5, 5.41) is 1.75. The molecule has 12 nitrogen and oxygen atoms in total. The van der Waals surface area contributed by atoms with Crippen LogP contribution in [-0.4, -0.2) is 66.8 Å². The van der Waals surface area contributed by atoms with Crippen molar-refractivity contribution in [2.75, 3.05) is 42.7 Å². The fraction of sp³-hybridized carbons (Fsp3) is 0.321. The molecule has 0 aromatic heterocycles. The molecule has 0 saturated carbocycles. The predicted octanol–water partition coefficient (Wildman–Crippen LogP) is 10.3. The Hall–Kier alpha value is -5.90. The zero-order valence-corrected chi connectivity index (χ0v) is 46.9. The van der Waals surface area contributed by atoms with Crippen LogP contribution in [-0.2, 0) is 28.2 Å². The summed E-state index contributed by atoms with van der Waals surface area (Å²) in [6, 6.07) is 20.8. The molecule has 6 aromatic rings. The normalized spacial score (nSPS) is 12.4. The standard InChI is InChI=1S/C56H62Cl2O12P2/c1-29-21-39(22-30(2)49(29)63-11)71(61,40-23-31(3)50(64-12)32(4)24-40)45-19-17-43(57)53(69-37(9)55(59)67-15)47(45)48-46(20-18-44(58)54(48)70-38(10)56(60)68-16)72(62,41-25-33(5)51(65-13)34(6)26-41)42-27-35(7)52(66-14)36(8)28-42/h17-28,37-38H,1-16H3/t37-,38?/m0/s1. The van der Waals surface area contributed by atoms with Gasteiger partial charge < -0.3 is 47.0 Å². The number of hydrogen-bond donors (Lipinski definition) is 0. The molecule has 0 heterocycles. The third kappa shape index (κ3) is 9.96. The Morgan fingerprint density at radius 3 is 0.819 bits per heavy atom. The lowest BCUT2D eigenvalue weighted by molar-refractivity contribution is -0.148. The summed E-state index contributed by atoms with van der Waals surface area (Å²) >= 11 is 14.7. The maximum atomic E-state index is 17.6. The summed E-state index contributed by atoms with van der Waals surface area (Å²) in [6.45, 7) is 17.9. The van der Waals surface area contributed by atoms with Gasteiger partial charge in [-0.3, -0.25) is 0 Å². The molecule has 72 heavy (non-hydrogen) atoms. The van der Waals surface area contributed by atoms with E-state index in [2.05, 4.69) is 0 Å². The summed E-state index contributed by atoms with van der Waals surface area (Å²) in [4.78, 5) is 26.9. The Balaban J connectivity index is 2.00. The van der Waals surface area contributed by atoms with Crippen molar-refractivity contribution >= 4 is 81.3 Å². The summed E-state index contributed by atoms with van der Waals surface area (Å²) in [7, 11) is 0.110. The first-order valence-electron chi connectivity index (χ1n) is 23.0. The SMILES string of the molecule is COC(=O)C(C)Oc1c(Cl)ccc(P(=O)(c2cc(C)c(OC)c(C)c2)c2cc(C)c(OC)c(C)c2)c1-c1c(P(=O)(c2cc(C)c(OC)c(C)c2)c2cc(C)c(OC)c(C)c2)ccc(Cl)c1O[C@@H](C)C(=O)OC. The lowest BCUT2D eigenvalue weighted by atomic mass is 10.0. The van der Waals surface area contributed by atoms with Gasteiger partial charge in [0.2, 0.25) is 0 Å². The maximum Gasteiger partial charge on any atom is 0.346 e. The van der Waals surface area contributed by atoms with Crippen LogP contribution < -0.4 is 60.2 Å². The predicted molar refractivity (Wildman–Crippen MR) is 289 cm³/mol. The van der Waals surface area contributed by atoms with Crippen molar-refractivity contribution in [2.45, 2.75) is 81.4 Å². The molecule has 0 aliphatic heterocycles. The first-order chi connectivity index (χ1) is 34.0. The number of hydrogen-bond acceptors (Lipinski definition) is 12.